The number of hydrogen-bond acceptors (Lipinski definition) is 3. The van der Waals surface area contributed by atoms with Crippen LogP contribution in [0.5, 0.6) is 5.75 Å². The maximum absolute atomic E-state index is 5.63. The van der Waals surface area contributed by atoms with Crippen LogP contribution in [0.4, 0.5) is 11.4 Å². The van der Waals surface area contributed by atoms with Gasteiger partial charge < -0.3 is 19.9 Å². The molecule has 144 valence electrons. The minimum Gasteiger partial charge on any atom is -0.497 e. The monoisotopic (exact) mass is 383 g/mol. The molecular formula is C22H29N3OS. The van der Waals surface area contributed by atoms with Gasteiger partial charge in [0, 0.05) is 37.6 Å². The summed E-state index contributed by atoms with van der Waals surface area (Å²) in [5.41, 5.74) is 3.67. The second-order valence-corrected chi connectivity index (χ2v) is 7.42. The van der Waals surface area contributed by atoms with Crippen molar-refractivity contribution in [1.82, 2.24) is 4.90 Å². The Bertz CT molecular complexity index is 737. The van der Waals surface area contributed by atoms with E-state index in [0.717, 1.165) is 49.1 Å². The third-order valence-corrected chi connectivity index (χ3v) is 5.71. The molecule has 5 heteroatoms. The van der Waals surface area contributed by atoms with Crippen molar-refractivity contribution in [2.24, 2.45) is 0 Å². The van der Waals surface area contributed by atoms with Crippen molar-refractivity contribution < 1.29 is 4.74 Å². The maximum Gasteiger partial charge on any atom is 0.173 e. The maximum atomic E-state index is 5.63. The first-order chi connectivity index (χ1) is 13.1. The van der Waals surface area contributed by atoms with Crippen LogP contribution in [0.3, 0.4) is 0 Å². The number of nitrogens with one attached hydrogen (secondary N) is 1. The third kappa shape index (κ3) is 4.92. The molecule has 0 saturated carbocycles. The molecule has 0 spiro atoms. The number of nitrogens with zero attached hydrogens (tertiary/aromatic N) is 2. The fraction of sp³-hybridized carbons (Fsp3) is 0.409. The zero-order chi connectivity index (χ0) is 19.2. The summed E-state index contributed by atoms with van der Waals surface area (Å²) in [5, 5.41) is 4.19. The lowest BCUT2D eigenvalue weighted by Gasteiger charge is -2.37. The SMILES string of the molecule is CCC(C)c1ccc(NC(=S)N2CCN(c3ccc(OC)cc3)CC2)cc1. The molecule has 4 nitrogen and oxygen atoms in total. The van der Waals surface area contributed by atoms with Crippen LogP contribution in [0.25, 0.3) is 0 Å². The largest absolute Gasteiger partial charge is 0.497 e. The van der Waals surface area contributed by atoms with Crippen LogP contribution < -0.4 is 15.0 Å². The van der Waals surface area contributed by atoms with E-state index in [1.807, 2.05) is 12.1 Å². The van der Waals surface area contributed by atoms with Crippen molar-refractivity contribution >= 4 is 28.7 Å². The Kier molecular flexibility index (Phi) is 6.56. The molecule has 2 aromatic carbocycles. The predicted octanol–water partition coefficient (Wildman–Crippen LogP) is 4.73. The molecule has 1 aliphatic rings. The molecule has 1 aliphatic heterocycles. The van der Waals surface area contributed by atoms with E-state index in [1.165, 1.54) is 11.3 Å². The predicted molar refractivity (Wildman–Crippen MR) is 118 cm³/mol. The molecule has 0 radical (unpaired) electrons. The summed E-state index contributed by atoms with van der Waals surface area (Å²) in [6, 6.07) is 16.9. The molecule has 2 aromatic rings. The van der Waals surface area contributed by atoms with E-state index in [2.05, 4.69) is 65.4 Å². The van der Waals surface area contributed by atoms with Crippen LogP contribution in [-0.4, -0.2) is 43.3 Å². The highest BCUT2D eigenvalue weighted by Gasteiger charge is 2.19. The van der Waals surface area contributed by atoms with Crippen molar-refractivity contribution in [3.63, 3.8) is 0 Å². The van der Waals surface area contributed by atoms with Crippen molar-refractivity contribution in [2.45, 2.75) is 26.2 Å². The Morgan fingerprint density at radius 1 is 1.04 bits per heavy atom. The topological polar surface area (TPSA) is 27.7 Å². The molecule has 27 heavy (non-hydrogen) atoms. The van der Waals surface area contributed by atoms with Gasteiger partial charge in [-0.25, -0.2) is 0 Å². The summed E-state index contributed by atoms with van der Waals surface area (Å²) in [7, 11) is 1.69. The van der Waals surface area contributed by atoms with Crippen LogP contribution in [0.2, 0.25) is 0 Å². The Hall–Kier alpha value is -2.27. The van der Waals surface area contributed by atoms with Gasteiger partial charge in [-0.15, -0.1) is 0 Å². The van der Waals surface area contributed by atoms with Gasteiger partial charge in [0.15, 0.2) is 5.11 Å². The van der Waals surface area contributed by atoms with Gasteiger partial charge in [0.1, 0.15) is 5.75 Å². The van der Waals surface area contributed by atoms with Crippen molar-refractivity contribution in [2.75, 3.05) is 43.5 Å². The molecule has 1 unspecified atom stereocenters. The summed E-state index contributed by atoms with van der Waals surface area (Å²) < 4.78 is 5.24. The molecule has 0 bridgehead atoms. The van der Waals surface area contributed by atoms with Crippen molar-refractivity contribution in [3.05, 3.63) is 54.1 Å². The van der Waals surface area contributed by atoms with Gasteiger partial charge in [0.25, 0.3) is 0 Å². The average molecular weight is 384 g/mol. The number of benzene rings is 2. The Balaban J connectivity index is 1.52. The van der Waals surface area contributed by atoms with Gasteiger partial charge >= 0.3 is 0 Å². The highest BCUT2D eigenvalue weighted by molar-refractivity contribution is 7.80. The lowest BCUT2D eigenvalue weighted by Crippen LogP contribution is -2.50. The molecule has 1 heterocycles. The number of thiocarbonyl (C=S) groups is 1. The van der Waals surface area contributed by atoms with Gasteiger partial charge in [-0.05, 0) is 66.5 Å². The van der Waals surface area contributed by atoms with Crippen molar-refractivity contribution in [1.29, 1.82) is 0 Å². The van der Waals surface area contributed by atoms with Crippen LogP contribution in [0.15, 0.2) is 48.5 Å². The van der Waals surface area contributed by atoms with Gasteiger partial charge in [-0.2, -0.15) is 0 Å². The number of methoxy groups -OCH3 is 1. The van der Waals surface area contributed by atoms with E-state index in [-0.39, 0.29) is 0 Å². The molecular weight excluding hydrogens is 354 g/mol. The van der Waals surface area contributed by atoms with Gasteiger partial charge in [0.05, 0.1) is 7.11 Å². The number of anilines is 2. The van der Waals surface area contributed by atoms with Gasteiger partial charge in [0.2, 0.25) is 0 Å². The first-order valence-electron chi connectivity index (χ1n) is 9.65. The van der Waals surface area contributed by atoms with E-state index < -0.39 is 0 Å². The zero-order valence-corrected chi connectivity index (χ0v) is 17.3. The highest BCUT2D eigenvalue weighted by Crippen LogP contribution is 2.22. The fourth-order valence-electron chi connectivity index (χ4n) is 3.29. The second kappa shape index (κ2) is 9.09. The summed E-state index contributed by atoms with van der Waals surface area (Å²) in [6.07, 6.45) is 1.16. The fourth-order valence-corrected chi connectivity index (χ4v) is 3.59. The molecule has 1 atom stereocenters. The number of rotatable bonds is 5. The standard InChI is InChI=1S/C22H29N3OS/c1-4-17(2)18-5-7-19(8-6-18)23-22(27)25-15-13-24(14-16-25)20-9-11-21(26-3)12-10-20/h5-12,17H,4,13-16H2,1-3H3,(H,23,27). The molecule has 3 rings (SSSR count). The minimum absolute atomic E-state index is 0.594. The lowest BCUT2D eigenvalue weighted by atomic mass is 9.99. The van der Waals surface area contributed by atoms with E-state index >= 15 is 0 Å². The molecule has 1 saturated heterocycles. The van der Waals surface area contributed by atoms with E-state index in [0.29, 0.717) is 5.92 Å². The Morgan fingerprint density at radius 3 is 2.22 bits per heavy atom. The smallest absolute Gasteiger partial charge is 0.173 e. The summed E-state index contributed by atoms with van der Waals surface area (Å²) in [5.74, 6) is 1.49. The number of ether oxygens (including phenoxy) is 1. The molecule has 0 amide bonds. The lowest BCUT2D eigenvalue weighted by molar-refractivity contribution is 0.390. The van der Waals surface area contributed by atoms with E-state index in [1.54, 1.807) is 7.11 Å². The van der Waals surface area contributed by atoms with E-state index in [9.17, 15) is 0 Å². The van der Waals surface area contributed by atoms with Crippen LogP contribution >= 0.6 is 12.2 Å². The van der Waals surface area contributed by atoms with E-state index in [4.69, 9.17) is 17.0 Å². The van der Waals surface area contributed by atoms with Crippen LogP contribution in [0.1, 0.15) is 31.7 Å². The van der Waals surface area contributed by atoms with Gasteiger partial charge in [-0.3, -0.25) is 0 Å². The van der Waals surface area contributed by atoms with Crippen LogP contribution in [0, 0.1) is 0 Å². The van der Waals surface area contributed by atoms with Gasteiger partial charge in [-0.1, -0.05) is 26.0 Å². The number of hydrogen-bond donors (Lipinski definition) is 1. The second-order valence-electron chi connectivity index (χ2n) is 7.03. The quantitative estimate of drug-likeness (QED) is 0.754. The Morgan fingerprint density at radius 2 is 1.67 bits per heavy atom. The normalized spacial score (nSPS) is 15.4. The Labute approximate surface area is 168 Å². The molecule has 1 N–H and O–H groups in total. The summed E-state index contributed by atoms with van der Waals surface area (Å²) in [4.78, 5) is 4.64. The molecule has 0 aliphatic carbocycles. The zero-order valence-electron chi connectivity index (χ0n) is 16.4. The van der Waals surface area contributed by atoms with Crippen molar-refractivity contribution in [3.8, 4) is 5.75 Å². The average Bonchev–Trinajstić information content (AvgIpc) is 2.74. The van der Waals surface area contributed by atoms with Crippen LogP contribution in [-0.2, 0) is 0 Å². The first-order valence-corrected chi connectivity index (χ1v) is 10.1. The number of piperazine rings is 1. The molecule has 0 aromatic heterocycles. The summed E-state index contributed by atoms with van der Waals surface area (Å²) in [6.45, 7) is 8.24. The molecule has 1 fully saturated rings. The third-order valence-electron chi connectivity index (χ3n) is 5.35. The first kappa shape index (κ1) is 19.5. The minimum atomic E-state index is 0.594. The summed E-state index contributed by atoms with van der Waals surface area (Å²) >= 11 is 5.63. The highest BCUT2D eigenvalue weighted by atomic mass is 32.1.